The third-order valence-corrected chi connectivity index (χ3v) is 8.18. The van der Waals surface area contributed by atoms with Crippen molar-refractivity contribution in [2.45, 2.75) is 25.3 Å². The van der Waals surface area contributed by atoms with Gasteiger partial charge in [0.25, 0.3) is 5.91 Å². The minimum absolute atomic E-state index is 0.00592. The van der Waals surface area contributed by atoms with E-state index < -0.39 is 11.7 Å². The number of nitrogens with one attached hydrogen (secondary N) is 1. The van der Waals surface area contributed by atoms with Crippen molar-refractivity contribution < 1.29 is 14.0 Å². The lowest BCUT2D eigenvalue weighted by Gasteiger charge is -2.35. The number of primary amides is 1. The second kappa shape index (κ2) is 9.48. The van der Waals surface area contributed by atoms with Crippen LogP contribution in [0.2, 0.25) is 0 Å². The molecule has 3 N–H and O–H groups in total. The van der Waals surface area contributed by atoms with Crippen LogP contribution in [-0.4, -0.2) is 69.0 Å². The van der Waals surface area contributed by atoms with Gasteiger partial charge in [-0.15, -0.1) is 0 Å². The van der Waals surface area contributed by atoms with Crippen molar-refractivity contribution in [2.75, 3.05) is 38.1 Å². The zero-order valence-corrected chi connectivity index (χ0v) is 22.1. The minimum Gasteiger partial charge on any atom is -0.377 e. The monoisotopic (exact) mass is 533 g/mol. The van der Waals surface area contributed by atoms with Crippen LogP contribution in [0.1, 0.15) is 40.5 Å². The summed E-state index contributed by atoms with van der Waals surface area (Å²) in [5, 5.41) is 0.585. The first-order chi connectivity index (χ1) is 18.7. The topological polar surface area (TPSA) is 113 Å². The molecule has 4 heterocycles. The third kappa shape index (κ3) is 4.21. The van der Waals surface area contributed by atoms with Crippen LogP contribution in [0, 0.1) is 11.7 Å². The fraction of sp³-hybridized carbons (Fsp3) is 0.393. The molecular formula is C28H32FN7O3. The highest BCUT2D eigenvalue weighted by molar-refractivity contribution is 6.12. The number of carbonyl (C=O) groups excluding carboxylic acids is 2. The van der Waals surface area contributed by atoms with Crippen molar-refractivity contribution in [3.05, 3.63) is 70.1 Å². The summed E-state index contributed by atoms with van der Waals surface area (Å²) < 4.78 is 19.1. The second-order valence-corrected chi connectivity index (χ2v) is 10.7. The molecule has 6 rings (SSSR count). The van der Waals surface area contributed by atoms with Gasteiger partial charge in [0.1, 0.15) is 5.82 Å². The van der Waals surface area contributed by atoms with Crippen molar-refractivity contribution in [1.29, 1.82) is 0 Å². The quantitative estimate of drug-likeness (QED) is 0.534. The number of halogens is 1. The van der Waals surface area contributed by atoms with Gasteiger partial charge in [-0.3, -0.25) is 14.2 Å². The first-order valence-corrected chi connectivity index (χ1v) is 13.3. The van der Waals surface area contributed by atoms with Crippen molar-refractivity contribution in [2.24, 2.45) is 18.7 Å². The Bertz CT molecular complexity index is 1600. The molecule has 1 aromatic carbocycles. The fourth-order valence-corrected chi connectivity index (χ4v) is 6.07. The average Bonchev–Trinajstić information content (AvgIpc) is 3.47. The van der Waals surface area contributed by atoms with Gasteiger partial charge >= 0.3 is 5.69 Å². The summed E-state index contributed by atoms with van der Waals surface area (Å²) in [4.78, 5) is 47.2. The highest BCUT2D eigenvalue weighted by Gasteiger charge is 2.32. The summed E-state index contributed by atoms with van der Waals surface area (Å²) in [6.45, 7) is 2.43. The molecule has 3 aromatic rings. The Hall–Kier alpha value is -4.28. The standard InChI is InChI=1S/C28H32FN7O3/c1-32-8-11-34(12-9-32)27(38)17-5-6-19-22(14-17)31-24-20(26(30)37)15-21(29)25(23(19)24)35-7-3-4-18(16-35)36-13-10-33(2)28(36)39/h5-6,8,10-11,13,15,17-18,31H,3-4,7,9,12,14,16H2,1-2H3,(H2,30,37)/t17-,18+/m0/s1. The number of fused-ring (bicyclic) bond motifs is 3. The Morgan fingerprint density at radius 2 is 1.95 bits per heavy atom. The smallest absolute Gasteiger partial charge is 0.328 e. The van der Waals surface area contributed by atoms with E-state index in [9.17, 15) is 14.4 Å². The highest BCUT2D eigenvalue weighted by Crippen LogP contribution is 2.41. The predicted molar refractivity (Wildman–Crippen MR) is 147 cm³/mol. The Labute approximate surface area is 224 Å². The molecule has 1 aliphatic carbocycles. The maximum Gasteiger partial charge on any atom is 0.328 e. The van der Waals surface area contributed by atoms with Crippen LogP contribution in [0.15, 0.2) is 41.7 Å². The summed E-state index contributed by atoms with van der Waals surface area (Å²) in [7, 11) is 3.67. The molecule has 0 spiro atoms. The number of aryl methyl sites for hydroxylation is 1. The van der Waals surface area contributed by atoms with Gasteiger partial charge in [0.2, 0.25) is 5.91 Å². The van der Waals surface area contributed by atoms with Gasteiger partial charge in [0.05, 0.1) is 28.7 Å². The molecule has 3 aliphatic rings. The fourth-order valence-electron chi connectivity index (χ4n) is 6.07. The summed E-state index contributed by atoms with van der Waals surface area (Å²) >= 11 is 0. The van der Waals surface area contributed by atoms with Crippen LogP contribution in [0.4, 0.5) is 10.1 Å². The second-order valence-electron chi connectivity index (χ2n) is 10.7. The minimum atomic E-state index is -0.726. The van der Waals surface area contributed by atoms with Crippen LogP contribution in [0.5, 0.6) is 0 Å². The zero-order valence-electron chi connectivity index (χ0n) is 22.1. The number of imidazole rings is 1. The number of nitrogens with zero attached hydrogens (tertiary/aromatic N) is 5. The normalized spacial score (nSPS) is 21.1. The predicted octanol–water partition coefficient (Wildman–Crippen LogP) is 2.18. The number of amides is 2. The van der Waals surface area contributed by atoms with Crippen LogP contribution in [-0.2, 0) is 18.3 Å². The van der Waals surface area contributed by atoms with E-state index in [1.54, 1.807) is 35.1 Å². The molecule has 1 fully saturated rings. The largest absolute Gasteiger partial charge is 0.377 e. The molecule has 204 valence electrons. The Kier molecular flexibility index (Phi) is 6.08. The summed E-state index contributed by atoms with van der Waals surface area (Å²) in [5.41, 5.74) is 8.03. The van der Waals surface area contributed by atoms with Gasteiger partial charge in [0.15, 0.2) is 0 Å². The van der Waals surface area contributed by atoms with Gasteiger partial charge in [-0.25, -0.2) is 9.18 Å². The van der Waals surface area contributed by atoms with E-state index in [-0.39, 0.29) is 29.1 Å². The van der Waals surface area contributed by atoms with E-state index in [0.29, 0.717) is 42.6 Å². The number of hydrogen-bond acceptors (Lipinski definition) is 5. The molecule has 2 atom stereocenters. The van der Waals surface area contributed by atoms with Gasteiger partial charge in [-0.05, 0) is 18.9 Å². The summed E-state index contributed by atoms with van der Waals surface area (Å²) in [5.74, 6) is -1.65. The Morgan fingerprint density at radius 1 is 1.13 bits per heavy atom. The number of piperidine rings is 1. The van der Waals surface area contributed by atoms with Crippen LogP contribution in [0.3, 0.4) is 0 Å². The highest BCUT2D eigenvalue weighted by atomic mass is 19.1. The molecule has 11 heteroatoms. The van der Waals surface area contributed by atoms with Crippen molar-refractivity contribution in [3.8, 4) is 0 Å². The molecule has 39 heavy (non-hydrogen) atoms. The lowest BCUT2D eigenvalue weighted by Crippen LogP contribution is -2.40. The SMILES string of the molecule is CN1C=CN(C(=O)[C@H]2C=Cc3c([nH]c4c(C(N)=O)cc(F)c(N5CCC[C@@H](n6ccn(C)c6=O)C5)c34)C2)CC1. The maximum absolute atomic E-state index is 15.8. The molecular weight excluding hydrogens is 501 g/mol. The lowest BCUT2D eigenvalue weighted by atomic mass is 9.91. The van der Waals surface area contributed by atoms with Crippen LogP contribution >= 0.6 is 0 Å². The first kappa shape index (κ1) is 25.0. The number of anilines is 1. The lowest BCUT2D eigenvalue weighted by molar-refractivity contribution is -0.131. The number of rotatable bonds is 4. The molecule has 0 unspecified atom stereocenters. The molecule has 0 radical (unpaired) electrons. The van der Waals surface area contributed by atoms with E-state index in [4.69, 9.17) is 5.73 Å². The molecule has 2 aromatic heterocycles. The van der Waals surface area contributed by atoms with E-state index in [1.165, 1.54) is 10.6 Å². The molecule has 0 bridgehead atoms. The van der Waals surface area contributed by atoms with E-state index >= 15 is 4.39 Å². The summed E-state index contributed by atoms with van der Waals surface area (Å²) in [6, 6.07) is 1.09. The Balaban J connectivity index is 1.40. The molecule has 10 nitrogen and oxygen atoms in total. The number of aromatic nitrogens is 3. The number of H-pyrrole nitrogens is 1. The van der Waals surface area contributed by atoms with E-state index in [1.807, 2.05) is 35.2 Å². The number of nitrogens with two attached hydrogens (primary N) is 1. The number of likely N-dealkylation sites (N-methyl/N-ethyl adjacent to an activating group) is 1. The van der Waals surface area contributed by atoms with Crippen molar-refractivity contribution in [1.82, 2.24) is 23.9 Å². The molecule has 2 aliphatic heterocycles. The first-order valence-electron chi connectivity index (χ1n) is 13.3. The maximum atomic E-state index is 15.8. The van der Waals surface area contributed by atoms with E-state index in [2.05, 4.69) is 4.98 Å². The number of hydrogen-bond donors (Lipinski definition) is 2. The average molecular weight is 534 g/mol. The van der Waals surface area contributed by atoms with Gasteiger partial charge in [-0.1, -0.05) is 12.2 Å². The number of benzene rings is 1. The molecule has 1 saturated heterocycles. The number of aromatic amines is 1. The molecule has 0 saturated carbocycles. The third-order valence-electron chi connectivity index (χ3n) is 8.18. The van der Waals surface area contributed by atoms with Crippen molar-refractivity contribution >= 4 is 34.5 Å². The zero-order chi connectivity index (χ0) is 27.4. The van der Waals surface area contributed by atoms with Crippen molar-refractivity contribution in [3.63, 3.8) is 0 Å². The van der Waals surface area contributed by atoms with Crippen LogP contribution < -0.4 is 16.3 Å². The van der Waals surface area contributed by atoms with Gasteiger partial charge in [-0.2, -0.15) is 0 Å². The summed E-state index contributed by atoms with van der Waals surface area (Å²) in [6.07, 6.45) is 12.9. The molecule has 2 amide bonds. The van der Waals surface area contributed by atoms with Gasteiger partial charge in [0, 0.05) is 88.1 Å². The van der Waals surface area contributed by atoms with E-state index in [0.717, 1.165) is 30.6 Å². The van der Waals surface area contributed by atoms with Gasteiger partial charge < -0.3 is 30.0 Å². The Morgan fingerprint density at radius 3 is 2.64 bits per heavy atom. The number of carbonyl (C=O) groups is 2. The van der Waals surface area contributed by atoms with Crippen LogP contribution in [0.25, 0.3) is 17.0 Å².